The lowest BCUT2D eigenvalue weighted by Gasteiger charge is -2.30. The summed E-state index contributed by atoms with van der Waals surface area (Å²) in [6, 6.07) is 11.9. The number of nitrogens with zero attached hydrogens (tertiary/aromatic N) is 3. The van der Waals surface area contributed by atoms with Gasteiger partial charge in [-0.25, -0.2) is 4.98 Å². The number of piperazine rings is 1. The summed E-state index contributed by atoms with van der Waals surface area (Å²) in [4.78, 5) is 29.8. The van der Waals surface area contributed by atoms with Gasteiger partial charge in [-0.3, -0.25) is 19.8 Å². The van der Waals surface area contributed by atoms with Crippen molar-refractivity contribution in [1.29, 1.82) is 0 Å². The zero-order chi connectivity index (χ0) is 17.6. The van der Waals surface area contributed by atoms with Crippen LogP contribution < -0.4 is 14.6 Å². The number of pyridine rings is 1. The van der Waals surface area contributed by atoms with Crippen molar-refractivity contribution in [3.63, 3.8) is 0 Å². The van der Waals surface area contributed by atoms with Crippen molar-refractivity contribution in [2.45, 2.75) is 0 Å². The number of carbonyl (C=O) groups is 1. The summed E-state index contributed by atoms with van der Waals surface area (Å²) in [5, 5.41) is 11.0. The average molecular weight is 343 g/mol. The first-order chi connectivity index (χ1) is 12.1. The molecule has 1 fully saturated rings. The number of aromatic nitrogens is 1. The second-order valence-corrected chi connectivity index (χ2v) is 5.63. The van der Waals surface area contributed by atoms with Crippen LogP contribution in [0.1, 0.15) is 0 Å². The summed E-state index contributed by atoms with van der Waals surface area (Å²) in [7, 11) is 0. The lowest BCUT2D eigenvalue weighted by Crippen LogP contribution is -2.51. The Labute approximate surface area is 144 Å². The Hall–Kier alpha value is -3.16. The van der Waals surface area contributed by atoms with E-state index in [9.17, 15) is 14.9 Å². The molecule has 8 heteroatoms. The molecule has 2 aromatic rings. The molecule has 1 amide bonds. The smallest absolute Gasteiger partial charge is 0.310 e. The normalized spacial score (nSPS) is 14.2. The van der Waals surface area contributed by atoms with Crippen LogP contribution in [-0.2, 0) is 4.79 Å². The number of amides is 1. The molecule has 8 nitrogen and oxygen atoms in total. The lowest BCUT2D eigenvalue weighted by molar-refractivity contribution is -0.385. The number of H-pyrrole nitrogens is 1. The van der Waals surface area contributed by atoms with Gasteiger partial charge in [0.2, 0.25) is 0 Å². The molecule has 0 radical (unpaired) electrons. The predicted molar refractivity (Wildman–Crippen MR) is 90.4 cm³/mol. The minimum absolute atomic E-state index is 0.110. The molecule has 3 rings (SSSR count). The number of ether oxygens (including phenoxy) is 1. The molecule has 0 spiro atoms. The summed E-state index contributed by atoms with van der Waals surface area (Å²) in [5.41, 5.74) is -0.139. The Balaban J connectivity index is 1.53. The van der Waals surface area contributed by atoms with Crippen molar-refractivity contribution < 1.29 is 19.4 Å². The Morgan fingerprint density at radius 2 is 1.84 bits per heavy atom. The molecule has 0 bridgehead atoms. The van der Waals surface area contributed by atoms with E-state index in [1.54, 1.807) is 17.0 Å². The minimum atomic E-state index is -0.519. The van der Waals surface area contributed by atoms with Crippen LogP contribution >= 0.6 is 0 Å². The molecule has 1 saturated heterocycles. The van der Waals surface area contributed by atoms with Crippen LogP contribution in [0.3, 0.4) is 0 Å². The molecule has 2 heterocycles. The van der Waals surface area contributed by atoms with E-state index in [-0.39, 0.29) is 24.0 Å². The van der Waals surface area contributed by atoms with E-state index in [0.717, 1.165) is 18.9 Å². The van der Waals surface area contributed by atoms with Crippen molar-refractivity contribution in [2.75, 3.05) is 37.7 Å². The highest BCUT2D eigenvalue weighted by molar-refractivity contribution is 5.78. The minimum Gasteiger partial charge on any atom is -0.477 e. The number of anilines is 1. The summed E-state index contributed by atoms with van der Waals surface area (Å²) in [5.74, 6) is 0.957. The van der Waals surface area contributed by atoms with Crippen LogP contribution in [0, 0.1) is 10.1 Å². The Morgan fingerprint density at radius 1 is 1.12 bits per heavy atom. The second-order valence-electron chi connectivity index (χ2n) is 5.63. The van der Waals surface area contributed by atoms with Crippen molar-refractivity contribution in [1.82, 2.24) is 4.90 Å². The van der Waals surface area contributed by atoms with Gasteiger partial charge in [0, 0.05) is 12.1 Å². The van der Waals surface area contributed by atoms with Crippen molar-refractivity contribution in [3.8, 4) is 5.75 Å². The predicted octanol–water partition coefficient (Wildman–Crippen LogP) is 1.14. The van der Waals surface area contributed by atoms with Gasteiger partial charge in [0.05, 0.1) is 24.2 Å². The maximum absolute atomic E-state index is 12.3. The molecule has 0 saturated carbocycles. The summed E-state index contributed by atoms with van der Waals surface area (Å²) >= 11 is 0. The van der Waals surface area contributed by atoms with Gasteiger partial charge >= 0.3 is 5.69 Å². The molecule has 130 valence electrons. The van der Waals surface area contributed by atoms with Gasteiger partial charge in [0.1, 0.15) is 13.1 Å². The molecular formula is C17H19N4O4+. The SMILES string of the molecule is O=C(COc1ccccc1[N+](=O)[O-])N1CCN(c2cccc[nH+]2)CC1. The first-order valence-corrected chi connectivity index (χ1v) is 8.01. The highest BCUT2D eigenvalue weighted by Crippen LogP contribution is 2.25. The molecular weight excluding hydrogens is 324 g/mol. The van der Waals surface area contributed by atoms with Crippen molar-refractivity contribution in [2.24, 2.45) is 0 Å². The Kier molecular flexibility index (Phi) is 5.08. The highest BCUT2D eigenvalue weighted by atomic mass is 16.6. The molecule has 1 aromatic heterocycles. The third kappa shape index (κ3) is 4.03. The standard InChI is InChI=1S/C17H18N4O4/c22-17(13-25-15-6-2-1-5-14(15)21(23)24)20-11-9-19(10-12-20)16-7-3-4-8-18-16/h1-8H,9-13H2/p+1. The van der Waals surface area contributed by atoms with Gasteiger partial charge in [0.15, 0.2) is 12.4 Å². The van der Waals surface area contributed by atoms with E-state index in [0.29, 0.717) is 13.1 Å². The third-order valence-electron chi connectivity index (χ3n) is 4.08. The maximum Gasteiger partial charge on any atom is 0.310 e. The number of nitro benzene ring substituents is 1. The number of nitro groups is 1. The number of hydrogen-bond donors (Lipinski definition) is 0. The summed E-state index contributed by atoms with van der Waals surface area (Å²) in [6.45, 7) is 2.40. The fourth-order valence-corrected chi connectivity index (χ4v) is 2.74. The maximum atomic E-state index is 12.3. The largest absolute Gasteiger partial charge is 0.477 e. The van der Waals surface area contributed by atoms with Gasteiger partial charge in [-0.15, -0.1) is 0 Å². The van der Waals surface area contributed by atoms with E-state index in [1.807, 2.05) is 24.4 Å². The van der Waals surface area contributed by atoms with Crippen LogP contribution in [0.25, 0.3) is 0 Å². The van der Waals surface area contributed by atoms with Crippen molar-refractivity contribution in [3.05, 3.63) is 58.8 Å². The number of carbonyl (C=O) groups excluding carboxylic acids is 1. The molecule has 1 aliphatic heterocycles. The number of para-hydroxylation sites is 2. The average Bonchev–Trinajstić information content (AvgIpc) is 2.67. The summed E-state index contributed by atoms with van der Waals surface area (Å²) < 4.78 is 5.37. The van der Waals surface area contributed by atoms with Crippen molar-refractivity contribution >= 4 is 17.4 Å². The monoisotopic (exact) mass is 343 g/mol. The first-order valence-electron chi connectivity index (χ1n) is 8.01. The van der Waals surface area contributed by atoms with Crippen LogP contribution in [0.4, 0.5) is 11.5 Å². The van der Waals surface area contributed by atoms with E-state index in [2.05, 4.69) is 9.88 Å². The van der Waals surface area contributed by atoms with Crippen LogP contribution in [0.5, 0.6) is 5.75 Å². The van der Waals surface area contributed by atoms with Crippen LogP contribution in [-0.4, -0.2) is 48.5 Å². The molecule has 25 heavy (non-hydrogen) atoms. The van der Waals surface area contributed by atoms with Crippen LogP contribution in [0.2, 0.25) is 0 Å². The number of rotatable bonds is 5. The van der Waals surface area contributed by atoms with Gasteiger partial charge in [-0.05, 0) is 12.1 Å². The Bertz CT molecular complexity index is 745. The van der Waals surface area contributed by atoms with E-state index < -0.39 is 4.92 Å². The number of hydrogen-bond acceptors (Lipinski definition) is 5. The second kappa shape index (κ2) is 7.61. The highest BCUT2D eigenvalue weighted by Gasteiger charge is 2.26. The van der Waals surface area contributed by atoms with Crippen LogP contribution in [0.15, 0.2) is 48.7 Å². The molecule has 0 atom stereocenters. The molecule has 1 aliphatic rings. The zero-order valence-corrected chi connectivity index (χ0v) is 13.6. The molecule has 1 N–H and O–H groups in total. The fraction of sp³-hybridized carbons (Fsp3) is 0.294. The van der Waals surface area contributed by atoms with E-state index in [1.165, 1.54) is 12.1 Å². The zero-order valence-electron chi connectivity index (χ0n) is 13.6. The van der Waals surface area contributed by atoms with E-state index >= 15 is 0 Å². The van der Waals surface area contributed by atoms with Gasteiger partial charge in [0.25, 0.3) is 11.7 Å². The third-order valence-corrected chi connectivity index (χ3v) is 4.08. The number of aromatic amines is 1. The molecule has 0 aliphatic carbocycles. The lowest BCUT2D eigenvalue weighted by atomic mass is 10.3. The van der Waals surface area contributed by atoms with E-state index in [4.69, 9.17) is 4.74 Å². The number of benzene rings is 1. The van der Waals surface area contributed by atoms with Gasteiger partial charge in [-0.1, -0.05) is 18.2 Å². The topological polar surface area (TPSA) is 90.1 Å². The molecule has 0 unspecified atom stereocenters. The van der Waals surface area contributed by atoms with Gasteiger partial charge < -0.3 is 9.64 Å². The molecule has 1 aromatic carbocycles. The number of nitrogens with one attached hydrogen (secondary N) is 1. The fourth-order valence-electron chi connectivity index (χ4n) is 2.74. The summed E-state index contributed by atoms with van der Waals surface area (Å²) in [6.07, 6.45) is 1.87. The Morgan fingerprint density at radius 3 is 2.52 bits per heavy atom. The van der Waals surface area contributed by atoms with Gasteiger partial charge in [-0.2, -0.15) is 0 Å². The first kappa shape index (κ1) is 16.7. The quantitative estimate of drug-likeness (QED) is 0.600.